The molecule has 4 aromatic heterocycles. The predicted molar refractivity (Wildman–Crippen MR) is 118 cm³/mol. The molecule has 5 aromatic rings. The average molecular weight is 415 g/mol. The lowest BCUT2D eigenvalue weighted by molar-refractivity contribution is 0.102. The highest BCUT2D eigenvalue weighted by atomic mass is 16.2. The molecule has 1 amide bonds. The summed E-state index contributed by atoms with van der Waals surface area (Å²) in [6.07, 6.45) is 3.19. The summed E-state index contributed by atoms with van der Waals surface area (Å²) in [6, 6.07) is 11.3. The average Bonchev–Trinajstić information content (AvgIpc) is 3.43. The highest BCUT2D eigenvalue weighted by Crippen LogP contribution is 2.32. The second-order valence-corrected chi connectivity index (χ2v) is 7.57. The number of fused-ring (bicyclic) bond motifs is 2. The van der Waals surface area contributed by atoms with Crippen molar-refractivity contribution >= 4 is 39.5 Å². The van der Waals surface area contributed by atoms with Gasteiger partial charge in [0.05, 0.1) is 5.52 Å². The first-order valence-corrected chi connectivity index (χ1v) is 9.84. The number of para-hydroxylation sites is 1. The second kappa shape index (κ2) is 6.94. The first kappa shape index (κ1) is 18.8. The van der Waals surface area contributed by atoms with Crippen LogP contribution in [0.15, 0.2) is 48.9 Å². The van der Waals surface area contributed by atoms with Crippen molar-refractivity contribution in [2.75, 3.05) is 11.1 Å². The molecule has 0 radical (unpaired) electrons. The van der Waals surface area contributed by atoms with Gasteiger partial charge in [0.15, 0.2) is 17.3 Å². The maximum Gasteiger partial charge on any atom is 0.273 e. The molecule has 0 saturated carbocycles. The minimum Gasteiger partial charge on any atom is -0.383 e. The molecule has 10 heteroatoms. The Bertz CT molecular complexity index is 1440. The van der Waals surface area contributed by atoms with Gasteiger partial charge in [0.2, 0.25) is 0 Å². The summed E-state index contributed by atoms with van der Waals surface area (Å²) in [4.78, 5) is 21.8. The molecule has 0 bridgehead atoms. The van der Waals surface area contributed by atoms with Crippen LogP contribution in [-0.2, 0) is 7.05 Å². The van der Waals surface area contributed by atoms with E-state index in [-0.39, 0.29) is 11.9 Å². The molecule has 0 aliphatic carbocycles. The summed E-state index contributed by atoms with van der Waals surface area (Å²) in [6.45, 7) is 4.02. The SMILES string of the molecule is CC(C)n1nc(-n2c(C(=O)Nc3ccn(C)n3)cc3ccccc32)c2c(N)ncnc21. The smallest absolute Gasteiger partial charge is 0.273 e. The van der Waals surface area contributed by atoms with E-state index in [0.29, 0.717) is 34.2 Å². The van der Waals surface area contributed by atoms with Crippen molar-refractivity contribution in [1.29, 1.82) is 0 Å². The van der Waals surface area contributed by atoms with Gasteiger partial charge in [-0.05, 0) is 26.0 Å². The van der Waals surface area contributed by atoms with Crippen LogP contribution in [0, 0.1) is 0 Å². The minimum atomic E-state index is -0.308. The summed E-state index contributed by atoms with van der Waals surface area (Å²) in [7, 11) is 1.79. The van der Waals surface area contributed by atoms with Crippen LogP contribution in [0.2, 0.25) is 0 Å². The Morgan fingerprint density at radius 1 is 1.13 bits per heavy atom. The van der Waals surface area contributed by atoms with E-state index in [2.05, 4.69) is 20.4 Å². The van der Waals surface area contributed by atoms with E-state index in [4.69, 9.17) is 10.8 Å². The first-order chi connectivity index (χ1) is 14.9. The highest BCUT2D eigenvalue weighted by molar-refractivity contribution is 6.08. The van der Waals surface area contributed by atoms with Gasteiger partial charge in [-0.2, -0.15) is 10.2 Å². The molecule has 10 nitrogen and oxygen atoms in total. The fourth-order valence-corrected chi connectivity index (χ4v) is 3.71. The van der Waals surface area contributed by atoms with Crippen molar-refractivity contribution in [3.05, 3.63) is 54.6 Å². The predicted octanol–water partition coefficient (Wildman–Crippen LogP) is 2.92. The number of benzene rings is 1. The lowest BCUT2D eigenvalue weighted by atomic mass is 10.2. The van der Waals surface area contributed by atoms with Crippen LogP contribution < -0.4 is 11.1 Å². The summed E-state index contributed by atoms with van der Waals surface area (Å²) in [5.74, 6) is 0.970. The maximum absolute atomic E-state index is 13.3. The minimum absolute atomic E-state index is 0.0400. The van der Waals surface area contributed by atoms with Gasteiger partial charge in [-0.1, -0.05) is 18.2 Å². The molecule has 3 N–H and O–H groups in total. The fraction of sp³-hybridized carbons (Fsp3) is 0.190. The number of hydrogen-bond acceptors (Lipinski definition) is 6. The first-order valence-electron chi connectivity index (χ1n) is 9.84. The van der Waals surface area contributed by atoms with E-state index < -0.39 is 0 Å². The number of carbonyl (C=O) groups excluding carboxylic acids is 1. The van der Waals surface area contributed by atoms with Crippen LogP contribution >= 0.6 is 0 Å². The lowest BCUT2D eigenvalue weighted by Gasteiger charge is -2.09. The van der Waals surface area contributed by atoms with Gasteiger partial charge >= 0.3 is 0 Å². The Hall–Kier alpha value is -4.21. The zero-order valence-electron chi connectivity index (χ0n) is 17.3. The van der Waals surface area contributed by atoms with Gasteiger partial charge in [-0.25, -0.2) is 14.6 Å². The number of hydrogen-bond donors (Lipinski definition) is 2. The highest BCUT2D eigenvalue weighted by Gasteiger charge is 2.24. The van der Waals surface area contributed by atoms with Crippen LogP contribution in [0.5, 0.6) is 0 Å². The van der Waals surface area contributed by atoms with Crippen LogP contribution in [0.25, 0.3) is 27.8 Å². The Kier molecular flexibility index (Phi) is 4.21. The third kappa shape index (κ3) is 3.00. The third-order valence-electron chi connectivity index (χ3n) is 5.10. The van der Waals surface area contributed by atoms with Crippen LogP contribution in [0.3, 0.4) is 0 Å². The number of nitrogens with zero attached hydrogens (tertiary/aromatic N) is 7. The lowest BCUT2D eigenvalue weighted by Crippen LogP contribution is -2.17. The fourth-order valence-electron chi connectivity index (χ4n) is 3.71. The molecule has 0 saturated heterocycles. The quantitative estimate of drug-likeness (QED) is 0.465. The van der Waals surface area contributed by atoms with Crippen molar-refractivity contribution in [1.82, 2.24) is 34.1 Å². The molecule has 0 aliphatic rings. The van der Waals surface area contributed by atoms with Crippen molar-refractivity contribution in [2.24, 2.45) is 7.05 Å². The zero-order chi connectivity index (χ0) is 21.7. The summed E-state index contributed by atoms with van der Waals surface area (Å²) < 4.78 is 5.22. The Morgan fingerprint density at radius 2 is 1.94 bits per heavy atom. The molecule has 0 aliphatic heterocycles. The van der Waals surface area contributed by atoms with E-state index in [1.54, 1.807) is 33.2 Å². The molecular formula is C21H21N9O. The number of nitrogens with one attached hydrogen (secondary N) is 1. The van der Waals surface area contributed by atoms with E-state index >= 15 is 0 Å². The van der Waals surface area contributed by atoms with Crippen molar-refractivity contribution in [3.8, 4) is 5.82 Å². The molecule has 0 atom stereocenters. The van der Waals surface area contributed by atoms with Crippen molar-refractivity contribution in [2.45, 2.75) is 19.9 Å². The topological polar surface area (TPSA) is 121 Å². The van der Waals surface area contributed by atoms with Crippen LogP contribution in [0.4, 0.5) is 11.6 Å². The van der Waals surface area contributed by atoms with Crippen molar-refractivity contribution < 1.29 is 4.79 Å². The molecule has 0 fully saturated rings. The molecule has 31 heavy (non-hydrogen) atoms. The van der Waals surface area contributed by atoms with E-state index in [9.17, 15) is 4.79 Å². The molecule has 0 unspecified atom stereocenters. The molecule has 1 aromatic carbocycles. The third-order valence-corrected chi connectivity index (χ3v) is 5.10. The van der Waals surface area contributed by atoms with Gasteiger partial charge in [-0.3, -0.25) is 14.0 Å². The zero-order valence-corrected chi connectivity index (χ0v) is 17.3. The number of amides is 1. The normalized spacial score (nSPS) is 11.6. The number of aromatic nitrogens is 7. The Balaban J connectivity index is 1.77. The number of nitrogens with two attached hydrogens (primary N) is 1. The van der Waals surface area contributed by atoms with Gasteiger partial charge in [-0.15, -0.1) is 0 Å². The Labute approximate surface area is 177 Å². The number of rotatable bonds is 4. The van der Waals surface area contributed by atoms with E-state index in [1.807, 2.05) is 44.2 Å². The van der Waals surface area contributed by atoms with Gasteiger partial charge < -0.3 is 11.1 Å². The summed E-state index contributed by atoms with van der Waals surface area (Å²) in [5, 5.41) is 13.4. The Morgan fingerprint density at radius 3 is 2.68 bits per heavy atom. The van der Waals surface area contributed by atoms with Crippen LogP contribution in [0.1, 0.15) is 30.4 Å². The van der Waals surface area contributed by atoms with Gasteiger partial charge in [0.1, 0.15) is 23.2 Å². The number of nitrogen functional groups attached to an aromatic ring is 1. The molecular weight excluding hydrogens is 394 g/mol. The number of anilines is 2. The summed E-state index contributed by atoms with van der Waals surface area (Å²) >= 11 is 0. The molecule has 156 valence electrons. The van der Waals surface area contributed by atoms with Gasteiger partial charge in [0, 0.05) is 30.7 Å². The molecule has 4 heterocycles. The number of carbonyl (C=O) groups is 1. The van der Waals surface area contributed by atoms with Crippen LogP contribution in [-0.4, -0.2) is 40.0 Å². The monoisotopic (exact) mass is 415 g/mol. The van der Waals surface area contributed by atoms with Crippen molar-refractivity contribution in [3.63, 3.8) is 0 Å². The number of aryl methyl sites for hydroxylation is 1. The van der Waals surface area contributed by atoms with Gasteiger partial charge in [0.25, 0.3) is 5.91 Å². The van der Waals surface area contributed by atoms with E-state index in [0.717, 1.165) is 10.9 Å². The maximum atomic E-state index is 13.3. The largest absolute Gasteiger partial charge is 0.383 e. The standard InChI is InChI=1S/C21H21N9O/c1-12(2)30-19-17(18(22)23-11-24-19)20(27-30)29-14-7-5-4-6-13(14)10-15(29)21(31)25-16-8-9-28(3)26-16/h4-12H,1-3H3,(H2,22,23,24)(H,25,26,31). The second-order valence-electron chi connectivity index (χ2n) is 7.57. The van der Waals surface area contributed by atoms with E-state index in [1.165, 1.54) is 6.33 Å². The molecule has 0 spiro atoms. The summed E-state index contributed by atoms with van der Waals surface area (Å²) in [5.41, 5.74) is 8.09. The molecule has 5 rings (SSSR count).